The average molecular weight is 561 g/mol. The molecule has 1 fully saturated rings. The van der Waals surface area contributed by atoms with Gasteiger partial charge in [0.2, 0.25) is 11.8 Å². The van der Waals surface area contributed by atoms with E-state index in [1.54, 1.807) is 24.4 Å². The van der Waals surface area contributed by atoms with Gasteiger partial charge >= 0.3 is 0 Å². The molecule has 5 rings (SSSR count). The molecular formula is C31H32N2O6S. The number of rotatable bonds is 10. The van der Waals surface area contributed by atoms with Gasteiger partial charge in [-0.15, -0.1) is 11.3 Å². The van der Waals surface area contributed by atoms with E-state index in [1.165, 1.54) is 16.2 Å². The van der Waals surface area contributed by atoms with Crippen molar-refractivity contribution in [2.45, 2.75) is 31.9 Å². The molecular weight excluding hydrogens is 528 g/mol. The van der Waals surface area contributed by atoms with Crippen molar-refractivity contribution in [3.63, 3.8) is 0 Å². The molecule has 2 aliphatic rings. The number of thiophene rings is 1. The van der Waals surface area contributed by atoms with Crippen molar-refractivity contribution >= 4 is 34.8 Å². The molecule has 0 saturated carbocycles. The van der Waals surface area contributed by atoms with E-state index in [4.69, 9.17) is 0 Å². The first-order valence-electron chi connectivity index (χ1n) is 13.3. The first-order valence-corrected chi connectivity index (χ1v) is 14.2. The fourth-order valence-corrected chi connectivity index (χ4v) is 6.67. The topological polar surface area (TPSA) is 131 Å². The number of aromatic nitrogens is 1. The van der Waals surface area contributed by atoms with Crippen LogP contribution in [0, 0.1) is 17.8 Å². The number of carbonyl (C=O) groups excluding carboxylic acids is 2. The minimum atomic E-state index is -1.05. The highest BCUT2D eigenvalue weighted by molar-refractivity contribution is 7.09. The molecule has 4 atom stereocenters. The van der Waals surface area contributed by atoms with E-state index < -0.39 is 30.5 Å². The number of likely N-dealkylation sites (tertiary alicyclic amines) is 1. The molecule has 3 aromatic rings. The van der Waals surface area contributed by atoms with E-state index in [0.717, 1.165) is 21.7 Å². The number of phenolic OH excluding ortho intramolecular Hbond substituents is 1. The highest BCUT2D eigenvalue weighted by Gasteiger charge is 2.54. The number of aliphatic hydroxyl groups is 3. The van der Waals surface area contributed by atoms with Crippen LogP contribution in [0.25, 0.3) is 11.6 Å². The maximum absolute atomic E-state index is 13.5. The van der Waals surface area contributed by atoms with Gasteiger partial charge in [0.1, 0.15) is 5.75 Å². The van der Waals surface area contributed by atoms with Gasteiger partial charge in [0.25, 0.3) is 0 Å². The van der Waals surface area contributed by atoms with Crippen LogP contribution >= 0.6 is 11.3 Å². The van der Waals surface area contributed by atoms with Crippen LogP contribution in [-0.2, 0) is 16.1 Å². The lowest BCUT2D eigenvalue weighted by Crippen LogP contribution is -2.39. The Balaban J connectivity index is 1.40. The molecule has 1 saturated heterocycles. The van der Waals surface area contributed by atoms with E-state index in [0.29, 0.717) is 17.6 Å². The van der Waals surface area contributed by atoms with Gasteiger partial charge in [0, 0.05) is 17.0 Å². The number of fused-ring (bicyclic) bond motifs is 1. The van der Waals surface area contributed by atoms with Gasteiger partial charge < -0.3 is 20.4 Å². The Labute approximate surface area is 236 Å². The fraction of sp³-hybridized carbons (Fsp3) is 0.323. The van der Waals surface area contributed by atoms with E-state index >= 15 is 0 Å². The number of aliphatic hydroxyl groups excluding tert-OH is 3. The number of hydrogen-bond donors (Lipinski definition) is 4. The van der Waals surface area contributed by atoms with E-state index in [-0.39, 0.29) is 43.6 Å². The number of allylic oxidation sites excluding steroid dienone is 1. The first-order chi connectivity index (χ1) is 19.4. The molecule has 0 radical (unpaired) electrons. The number of phenols is 1. The molecule has 1 aliphatic heterocycles. The predicted molar refractivity (Wildman–Crippen MR) is 152 cm³/mol. The Kier molecular flexibility index (Phi) is 8.56. The van der Waals surface area contributed by atoms with Gasteiger partial charge in [0.05, 0.1) is 43.4 Å². The molecule has 208 valence electrons. The second kappa shape index (κ2) is 12.3. The van der Waals surface area contributed by atoms with Gasteiger partial charge in [-0.25, -0.2) is 0 Å². The van der Waals surface area contributed by atoms with Crippen LogP contribution in [0.15, 0.2) is 77.3 Å². The largest absolute Gasteiger partial charge is 0.508 e. The maximum Gasteiger partial charge on any atom is 0.234 e. The monoisotopic (exact) mass is 560 g/mol. The summed E-state index contributed by atoms with van der Waals surface area (Å²) < 4.78 is 0. The summed E-state index contributed by atoms with van der Waals surface area (Å²) >= 11 is 1.46. The summed E-state index contributed by atoms with van der Waals surface area (Å²) in [6.45, 7) is -0.611. The lowest BCUT2D eigenvalue weighted by molar-refractivity contribution is -0.140. The molecule has 0 spiro atoms. The predicted octanol–water partition coefficient (Wildman–Crippen LogP) is 3.63. The van der Waals surface area contributed by atoms with Gasteiger partial charge in [-0.2, -0.15) is 0 Å². The van der Waals surface area contributed by atoms with E-state index in [1.807, 2.05) is 47.9 Å². The fourth-order valence-electron chi connectivity index (χ4n) is 5.98. The van der Waals surface area contributed by atoms with Gasteiger partial charge in [-0.05, 0) is 83.3 Å². The number of carbonyl (C=O) groups is 2. The molecule has 0 bridgehead atoms. The maximum atomic E-state index is 13.5. The molecule has 2 aromatic heterocycles. The molecule has 1 aliphatic carbocycles. The number of nitrogens with zero attached hydrogens (tertiary/aromatic N) is 2. The lowest BCUT2D eigenvalue weighted by atomic mass is 9.68. The van der Waals surface area contributed by atoms with Crippen molar-refractivity contribution in [1.82, 2.24) is 9.88 Å². The van der Waals surface area contributed by atoms with Crippen molar-refractivity contribution in [3.05, 3.63) is 93.5 Å². The second-order valence-corrected chi connectivity index (χ2v) is 11.3. The quantitative estimate of drug-likeness (QED) is 0.220. The highest BCUT2D eigenvalue weighted by Crippen LogP contribution is 2.46. The zero-order chi connectivity index (χ0) is 28.2. The summed E-state index contributed by atoms with van der Waals surface area (Å²) in [5.41, 5.74) is 3.28. The number of pyridine rings is 1. The third-order valence-corrected chi connectivity index (χ3v) is 8.67. The highest BCUT2D eigenvalue weighted by atomic mass is 32.1. The normalized spacial score (nSPS) is 22.1. The Morgan fingerprint density at radius 2 is 1.95 bits per heavy atom. The van der Waals surface area contributed by atoms with Crippen LogP contribution in [0.1, 0.15) is 35.4 Å². The summed E-state index contributed by atoms with van der Waals surface area (Å²) in [5.74, 6) is -2.73. The third-order valence-electron chi connectivity index (χ3n) is 7.81. The second-order valence-electron chi connectivity index (χ2n) is 10.2. The van der Waals surface area contributed by atoms with Crippen LogP contribution in [-0.4, -0.2) is 61.4 Å². The molecule has 4 N–H and O–H groups in total. The Hall–Kier alpha value is -3.63. The van der Waals surface area contributed by atoms with Crippen molar-refractivity contribution in [3.8, 4) is 5.75 Å². The van der Waals surface area contributed by atoms with Crippen LogP contribution in [0.3, 0.4) is 0 Å². The molecule has 0 unspecified atom stereocenters. The first kappa shape index (κ1) is 27.9. The SMILES string of the molecule is O=C1[C@@H]2[C@@H](CC(CO)=C([C@H](O)CC/C(=C/c3cccc(O)c3)c3ccccn3)[C@@H]2CO)C(=O)N1Cc1cccs1. The van der Waals surface area contributed by atoms with Crippen molar-refractivity contribution in [2.24, 2.45) is 17.8 Å². The van der Waals surface area contributed by atoms with Crippen LogP contribution in [0.5, 0.6) is 5.75 Å². The van der Waals surface area contributed by atoms with Gasteiger partial charge in [-0.3, -0.25) is 19.5 Å². The average Bonchev–Trinajstić information content (AvgIpc) is 3.57. The molecule has 40 heavy (non-hydrogen) atoms. The number of benzene rings is 1. The van der Waals surface area contributed by atoms with E-state index in [9.17, 15) is 30.0 Å². The van der Waals surface area contributed by atoms with Gasteiger partial charge in [0.15, 0.2) is 0 Å². The van der Waals surface area contributed by atoms with Gasteiger partial charge in [-0.1, -0.05) is 24.3 Å². The number of amides is 2. The Morgan fingerprint density at radius 3 is 2.62 bits per heavy atom. The molecule has 1 aromatic carbocycles. The summed E-state index contributed by atoms with van der Waals surface area (Å²) in [7, 11) is 0. The number of imide groups is 1. The summed E-state index contributed by atoms with van der Waals surface area (Å²) in [4.78, 5) is 33.4. The minimum absolute atomic E-state index is 0.137. The molecule has 3 heterocycles. The smallest absolute Gasteiger partial charge is 0.234 e. The summed E-state index contributed by atoms with van der Waals surface area (Å²) in [6.07, 6.45) is 3.35. The summed E-state index contributed by atoms with van der Waals surface area (Å²) in [6, 6.07) is 16.1. The van der Waals surface area contributed by atoms with E-state index in [2.05, 4.69) is 4.98 Å². The minimum Gasteiger partial charge on any atom is -0.508 e. The zero-order valence-corrected chi connectivity index (χ0v) is 22.7. The molecule has 2 amide bonds. The standard InChI is InChI=1S/C31H32N2O6S/c34-17-21-15-24-29(31(39)33(30(24)38)16-23-7-4-12-40-23)25(18-35)28(21)27(37)10-9-20(26-8-1-2-11-32-26)13-19-5-3-6-22(36)14-19/h1-8,11-14,24-25,27,29,34-37H,9-10,15-18H2/b20-13-/t24-,25+,27-,29-/m1/s1. The lowest BCUT2D eigenvalue weighted by Gasteiger charge is -2.36. The third kappa shape index (κ3) is 5.64. The zero-order valence-electron chi connectivity index (χ0n) is 21.9. The van der Waals surface area contributed by atoms with Crippen molar-refractivity contribution < 1.29 is 30.0 Å². The van der Waals surface area contributed by atoms with Crippen LogP contribution < -0.4 is 0 Å². The number of hydrogen-bond acceptors (Lipinski definition) is 8. The molecule has 9 heteroatoms. The van der Waals surface area contributed by atoms with Crippen molar-refractivity contribution in [1.29, 1.82) is 0 Å². The van der Waals surface area contributed by atoms with Crippen LogP contribution in [0.4, 0.5) is 0 Å². The molecule has 8 nitrogen and oxygen atoms in total. The Bertz CT molecular complexity index is 1420. The number of aromatic hydroxyl groups is 1. The summed E-state index contributed by atoms with van der Waals surface area (Å²) in [5, 5.41) is 43.9. The van der Waals surface area contributed by atoms with Crippen LogP contribution in [0.2, 0.25) is 0 Å². The Morgan fingerprint density at radius 1 is 1.10 bits per heavy atom. The van der Waals surface area contributed by atoms with Crippen molar-refractivity contribution in [2.75, 3.05) is 13.2 Å².